The van der Waals surface area contributed by atoms with E-state index in [1.165, 1.54) is 24.3 Å². The Morgan fingerprint density at radius 1 is 0.895 bits per heavy atom. The summed E-state index contributed by atoms with van der Waals surface area (Å²) in [5.41, 5.74) is 0.137. The highest BCUT2D eigenvalue weighted by Gasteiger charge is 2.36. The van der Waals surface area contributed by atoms with E-state index in [9.17, 15) is 23.1 Å². The molecule has 0 bridgehead atoms. The zero-order valence-corrected chi connectivity index (χ0v) is 19.6. The van der Waals surface area contributed by atoms with Crippen molar-refractivity contribution in [1.29, 1.82) is 5.26 Å². The summed E-state index contributed by atoms with van der Waals surface area (Å²) in [5, 5.41) is 28.3. The minimum absolute atomic E-state index is 0.130. The summed E-state index contributed by atoms with van der Waals surface area (Å²) in [5.74, 6) is -0.840. The van der Waals surface area contributed by atoms with Gasteiger partial charge in [0.1, 0.15) is 11.8 Å². The number of rotatable bonds is 5. The fourth-order valence-corrected chi connectivity index (χ4v) is 4.14. The zero-order valence-electron chi connectivity index (χ0n) is 19.6. The monoisotopic (exact) mass is 512 g/mol. The summed E-state index contributed by atoms with van der Waals surface area (Å²) in [6, 6.07) is 28.1. The van der Waals surface area contributed by atoms with E-state index in [2.05, 4.69) is 10.4 Å². The Kier molecular flexibility index (Phi) is 6.41. The van der Waals surface area contributed by atoms with Crippen molar-refractivity contribution in [3.63, 3.8) is 0 Å². The average molecular weight is 512 g/mol. The van der Waals surface area contributed by atoms with Crippen LogP contribution in [0.5, 0.6) is 0 Å². The van der Waals surface area contributed by atoms with Crippen LogP contribution >= 0.6 is 0 Å². The number of alkyl halides is 3. The molecule has 0 spiro atoms. The van der Waals surface area contributed by atoms with Crippen molar-refractivity contribution >= 4 is 22.4 Å². The van der Waals surface area contributed by atoms with Crippen LogP contribution in [0.25, 0.3) is 16.5 Å². The summed E-state index contributed by atoms with van der Waals surface area (Å²) in [6.45, 7) is 0. The molecule has 0 aliphatic heterocycles. The Hall–Kier alpha value is -4.94. The second-order valence-electron chi connectivity index (χ2n) is 8.58. The third-order valence-corrected chi connectivity index (χ3v) is 6.00. The lowest BCUT2D eigenvalue weighted by Gasteiger charge is -2.14. The van der Waals surface area contributed by atoms with Gasteiger partial charge in [-0.05, 0) is 58.3 Å². The standard InChI is InChI=1S/C29H19F3N4O2/c30-29(31,32)26-16-25(36(35-26)24-10-3-5-18(13-24)17-33)28(38)34-23-9-4-8-21(15-23)27(37)22-12-11-19-6-1-2-7-20(19)14-22/h1-16,27,37H,(H,34,38). The van der Waals surface area contributed by atoms with Crippen LogP contribution in [0.3, 0.4) is 0 Å². The Bertz CT molecular complexity index is 1700. The van der Waals surface area contributed by atoms with Gasteiger partial charge < -0.3 is 10.4 Å². The molecule has 1 unspecified atom stereocenters. The van der Waals surface area contributed by atoms with Gasteiger partial charge in [-0.3, -0.25) is 4.79 Å². The minimum Gasteiger partial charge on any atom is -0.384 e. The van der Waals surface area contributed by atoms with Crippen LogP contribution in [-0.2, 0) is 6.18 Å². The summed E-state index contributed by atoms with van der Waals surface area (Å²) in [6.07, 6.45) is -5.77. The number of aliphatic hydroxyl groups is 1. The number of fused-ring (bicyclic) bond motifs is 1. The van der Waals surface area contributed by atoms with E-state index in [0.29, 0.717) is 17.2 Å². The lowest BCUT2D eigenvalue weighted by molar-refractivity contribution is -0.141. The fraction of sp³-hybridized carbons (Fsp3) is 0.0690. The van der Waals surface area contributed by atoms with Gasteiger partial charge in [0.2, 0.25) is 0 Å². The molecule has 1 aromatic heterocycles. The summed E-state index contributed by atoms with van der Waals surface area (Å²) in [7, 11) is 0. The first-order valence-electron chi connectivity index (χ1n) is 11.5. The van der Waals surface area contributed by atoms with Gasteiger partial charge in [0, 0.05) is 11.8 Å². The molecule has 0 saturated heterocycles. The number of aliphatic hydroxyl groups excluding tert-OH is 1. The molecular weight excluding hydrogens is 493 g/mol. The van der Waals surface area contributed by atoms with Crippen molar-refractivity contribution in [2.45, 2.75) is 12.3 Å². The maximum Gasteiger partial charge on any atom is 0.435 e. The normalized spacial score (nSPS) is 12.2. The smallest absolute Gasteiger partial charge is 0.384 e. The number of carbonyl (C=O) groups is 1. The molecule has 0 aliphatic rings. The van der Waals surface area contributed by atoms with Gasteiger partial charge in [-0.15, -0.1) is 0 Å². The number of halogens is 3. The molecule has 1 amide bonds. The SMILES string of the molecule is N#Cc1cccc(-n2nc(C(F)(F)F)cc2C(=O)Nc2cccc(C(O)c3ccc4ccccc4c3)c2)c1. The maximum atomic E-state index is 13.4. The van der Waals surface area contributed by atoms with Crippen LogP contribution in [0.1, 0.15) is 39.0 Å². The number of carbonyl (C=O) groups excluding carboxylic acids is 1. The number of hydrogen-bond donors (Lipinski definition) is 2. The van der Waals surface area contributed by atoms with Crippen LogP contribution in [0, 0.1) is 11.3 Å². The quantitative estimate of drug-likeness (QED) is 0.291. The molecule has 1 heterocycles. The predicted octanol–water partition coefficient (Wildman–Crippen LogP) is 6.25. The molecule has 5 aromatic rings. The van der Waals surface area contributed by atoms with Crippen LogP contribution in [0.15, 0.2) is 97.1 Å². The highest BCUT2D eigenvalue weighted by Crippen LogP contribution is 2.31. The Balaban J connectivity index is 1.45. The Morgan fingerprint density at radius 3 is 2.39 bits per heavy atom. The van der Waals surface area contributed by atoms with Gasteiger partial charge in [-0.25, -0.2) is 4.68 Å². The van der Waals surface area contributed by atoms with E-state index in [1.807, 2.05) is 48.5 Å². The summed E-state index contributed by atoms with van der Waals surface area (Å²) < 4.78 is 41.2. The van der Waals surface area contributed by atoms with Crippen molar-refractivity contribution in [3.05, 3.63) is 125 Å². The first-order valence-corrected chi connectivity index (χ1v) is 11.5. The van der Waals surface area contributed by atoms with E-state index in [1.54, 1.807) is 24.3 Å². The molecule has 2 N–H and O–H groups in total. The molecule has 38 heavy (non-hydrogen) atoms. The van der Waals surface area contributed by atoms with Gasteiger partial charge in [0.15, 0.2) is 5.69 Å². The molecule has 4 aromatic carbocycles. The molecule has 0 saturated carbocycles. The average Bonchev–Trinajstić information content (AvgIpc) is 3.39. The van der Waals surface area contributed by atoms with Crippen LogP contribution in [0.2, 0.25) is 0 Å². The first-order chi connectivity index (χ1) is 18.2. The second-order valence-corrected chi connectivity index (χ2v) is 8.58. The second kappa shape index (κ2) is 9.84. The van der Waals surface area contributed by atoms with Gasteiger partial charge in [-0.1, -0.05) is 54.6 Å². The van der Waals surface area contributed by atoms with Crippen molar-refractivity contribution in [2.75, 3.05) is 5.32 Å². The lowest BCUT2D eigenvalue weighted by Crippen LogP contribution is -2.17. The van der Waals surface area contributed by atoms with E-state index in [4.69, 9.17) is 5.26 Å². The third-order valence-electron chi connectivity index (χ3n) is 6.00. The molecule has 9 heteroatoms. The van der Waals surface area contributed by atoms with Crippen molar-refractivity contribution in [2.24, 2.45) is 0 Å². The number of benzene rings is 4. The van der Waals surface area contributed by atoms with E-state index >= 15 is 0 Å². The van der Waals surface area contributed by atoms with Gasteiger partial charge in [0.25, 0.3) is 5.91 Å². The minimum atomic E-state index is -4.78. The molecule has 6 nitrogen and oxygen atoms in total. The number of nitrogens with zero attached hydrogens (tertiary/aromatic N) is 3. The fourth-order valence-electron chi connectivity index (χ4n) is 4.14. The van der Waals surface area contributed by atoms with Crippen LogP contribution < -0.4 is 5.32 Å². The van der Waals surface area contributed by atoms with E-state index in [0.717, 1.165) is 15.5 Å². The Labute approximate surface area is 215 Å². The Morgan fingerprint density at radius 2 is 1.63 bits per heavy atom. The number of nitriles is 1. The highest BCUT2D eigenvalue weighted by atomic mass is 19.4. The van der Waals surface area contributed by atoms with Gasteiger partial charge in [-0.2, -0.15) is 23.5 Å². The summed E-state index contributed by atoms with van der Waals surface area (Å²) in [4.78, 5) is 13.1. The van der Waals surface area contributed by atoms with Crippen molar-refractivity contribution < 1.29 is 23.1 Å². The molecule has 0 fully saturated rings. The maximum absolute atomic E-state index is 13.4. The van der Waals surface area contributed by atoms with Gasteiger partial charge >= 0.3 is 6.18 Å². The van der Waals surface area contributed by atoms with Crippen LogP contribution in [-0.4, -0.2) is 20.8 Å². The molecular formula is C29H19F3N4O2. The highest BCUT2D eigenvalue weighted by molar-refractivity contribution is 6.03. The number of nitrogens with one attached hydrogen (secondary N) is 1. The number of hydrogen-bond acceptors (Lipinski definition) is 4. The molecule has 188 valence electrons. The molecule has 1 atom stereocenters. The molecule has 0 aliphatic carbocycles. The van der Waals surface area contributed by atoms with Gasteiger partial charge in [0.05, 0.1) is 17.3 Å². The molecule has 5 rings (SSSR count). The van der Waals surface area contributed by atoms with Crippen molar-refractivity contribution in [3.8, 4) is 11.8 Å². The number of aromatic nitrogens is 2. The first kappa shape index (κ1) is 24.7. The van der Waals surface area contributed by atoms with Crippen molar-refractivity contribution in [1.82, 2.24) is 9.78 Å². The van der Waals surface area contributed by atoms with E-state index < -0.39 is 23.9 Å². The number of amides is 1. The summed E-state index contributed by atoms with van der Waals surface area (Å²) >= 11 is 0. The topological polar surface area (TPSA) is 90.9 Å². The predicted molar refractivity (Wildman–Crippen MR) is 136 cm³/mol. The zero-order chi connectivity index (χ0) is 26.9. The third kappa shape index (κ3) is 4.98. The lowest BCUT2D eigenvalue weighted by atomic mass is 9.98. The molecule has 0 radical (unpaired) electrons. The van der Waals surface area contributed by atoms with Crippen LogP contribution in [0.4, 0.5) is 18.9 Å². The van der Waals surface area contributed by atoms with E-state index in [-0.39, 0.29) is 22.6 Å². The number of anilines is 1. The largest absolute Gasteiger partial charge is 0.435 e.